The third-order valence-corrected chi connectivity index (χ3v) is 2.46. The van der Waals surface area contributed by atoms with Gasteiger partial charge in [0.05, 0.1) is 0 Å². The van der Waals surface area contributed by atoms with Crippen molar-refractivity contribution in [3.8, 4) is 5.75 Å². The Labute approximate surface area is 90.0 Å². The smallest absolute Gasteiger partial charge is 0.119 e. The van der Waals surface area contributed by atoms with Gasteiger partial charge in [0.25, 0.3) is 0 Å². The van der Waals surface area contributed by atoms with Crippen LogP contribution in [-0.4, -0.2) is 12.1 Å². The number of nitrogens with two attached hydrogens (primary N) is 1. The third-order valence-electron chi connectivity index (χ3n) is 2.21. The van der Waals surface area contributed by atoms with Crippen molar-refractivity contribution in [1.29, 1.82) is 0 Å². The first kappa shape index (κ1) is 11.3. The van der Waals surface area contributed by atoms with Crippen LogP contribution >= 0.6 is 11.6 Å². The Hall–Kier alpha value is -0.730. The summed E-state index contributed by atoms with van der Waals surface area (Å²) in [6.45, 7) is 4.02. The normalized spacial score (nSPS) is 14.9. The van der Waals surface area contributed by atoms with Crippen molar-refractivity contribution in [2.75, 3.05) is 0 Å². The Bertz CT molecular complexity index is 273. The highest BCUT2D eigenvalue weighted by atomic mass is 35.5. The lowest BCUT2D eigenvalue weighted by Gasteiger charge is -2.20. The molecule has 0 saturated heterocycles. The van der Waals surface area contributed by atoms with Gasteiger partial charge in [-0.1, -0.05) is 18.5 Å². The molecule has 0 aliphatic heterocycles. The highest BCUT2D eigenvalue weighted by Gasteiger charge is 2.11. The second-order valence-electron chi connectivity index (χ2n) is 3.35. The predicted molar refractivity (Wildman–Crippen MR) is 59.8 cm³/mol. The summed E-state index contributed by atoms with van der Waals surface area (Å²) in [6, 6.07) is 7.38. The van der Waals surface area contributed by atoms with Gasteiger partial charge < -0.3 is 10.5 Å². The fourth-order valence-electron chi connectivity index (χ4n) is 1.15. The molecule has 78 valence electrons. The summed E-state index contributed by atoms with van der Waals surface area (Å²) >= 11 is 5.76. The molecule has 0 heterocycles. The van der Waals surface area contributed by atoms with Crippen LogP contribution in [0.5, 0.6) is 5.75 Å². The van der Waals surface area contributed by atoms with Gasteiger partial charge in [-0.25, -0.2) is 0 Å². The molecule has 1 aromatic rings. The van der Waals surface area contributed by atoms with E-state index in [2.05, 4.69) is 0 Å². The molecule has 3 heteroatoms. The maximum Gasteiger partial charge on any atom is 0.119 e. The van der Waals surface area contributed by atoms with Crippen LogP contribution in [0.15, 0.2) is 24.3 Å². The number of hydrogen-bond acceptors (Lipinski definition) is 2. The number of ether oxygens (including phenoxy) is 1. The fourth-order valence-corrected chi connectivity index (χ4v) is 1.27. The lowest BCUT2D eigenvalue weighted by atomic mass is 10.1. The zero-order valence-electron chi connectivity index (χ0n) is 8.53. The van der Waals surface area contributed by atoms with Crippen molar-refractivity contribution in [1.82, 2.24) is 0 Å². The molecule has 0 bridgehead atoms. The highest BCUT2D eigenvalue weighted by Crippen LogP contribution is 2.17. The Kier molecular flexibility index (Phi) is 4.23. The second kappa shape index (κ2) is 5.23. The molecular weight excluding hydrogens is 198 g/mol. The molecule has 0 radical (unpaired) electrons. The van der Waals surface area contributed by atoms with Gasteiger partial charge in [-0.05, 0) is 37.6 Å². The Morgan fingerprint density at radius 1 is 1.36 bits per heavy atom. The van der Waals surface area contributed by atoms with Crippen LogP contribution in [-0.2, 0) is 0 Å². The maximum absolute atomic E-state index is 5.84. The lowest BCUT2D eigenvalue weighted by Crippen LogP contribution is -2.35. The summed E-state index contributed by atoms with van der Waals surface area (Å²) in [5.74, 6) is 0.811. The van der Waals surface area contributed by atoms with E-state index in [1.54, 1.807) is 12.1 Å². The monoisotopic (exact) mass is 213 g/mol. The van der Waals surface area contributed by atoms with Crippen molar-refractivity contribution in [2.24, 2.45) is 5.73 Å². The van der Waals surface area contributed by atoms with Gasteiger partial charge in [-0.2, -0.15) is 0 Å². The molecule has 0 aliphatic carbocycles. The summed E-state index contributed by atoms with van der Waals surface area (Å²) in [7, 11) is 0. The van der Waals surface area contributed by atoms with E-state index in [1.807, 2.05) is 26.0 Å². The number of halogens is 1. The zero-order valence-corrected chi connectivity index (χ0v) is 9.29. The van der Waals surface area contributed by atoms with E-state index in [0.717, 1.165) is 12.2 Å². The maximum atomic E-state index is 5.84. The average Bonchev–Trinajstić information content (AvgIpc) is 2.20. The minimum Gasteiger partial charge on any atom is -0.489 e. The summed E-state index contributed by atoms with van der Waals surface area (Å²) < 4.78 is 5.64. The third kappa shape index (κ3) is 3.20. The van der Waals surface area contributed by atoms with E-state index in [1.165, 1.54) is 0 Å². The molecule has 0 aromatic heterocycles. The molecule has 2 unspecified atom stereocenters. The molecule has 0 spiro atoms. The topological polar surface area (TPSA) is 35.2 Å². The molecule has 0 amide bonds. The van der Waals surface area contributed by atoms with Crippen molar-refractivity contribution in [2.45, 2.75) is 32.4 Å². The van der Waals surface area contributed by atoms with Crippen LogP contribution in [0.3, 0.4) is 0 Å². The molecular formula is C11H16ClNO. The predicted octanol–water partition coefficient (Wildman–Crippen LogP) is 2.84. The number of rotatable bonds is 4. The number of hydrogen-bond donors (Lipinski definition) is 1. The Morgan fingerprint density at radius 2 is 1.93 bits per heavy atom. The van der Waals surface area contributed by atoms with Gasteiger partial charge >= 0.3 is 0 Å². The van der Waals surface area contributed by atoms with Gasteiger partial charge in [0.2, 0.25) is 0 Å². The number of benzene rings is 1. The van der Waals surface area contributed by atoms with E-state index < -0.39 is 0 Å². The molecule has 0 aliphatic rings. The van der Waals surface area contributed by atoms with Crippen LogP contribution in [0, 0.1) is 0 Å². The average molecular weight is 214 g/mol. The standard InChI is InChI=1S/C11H16ClNO/c1-3-11(13)8(2)14-10-6-4-9(12)5-7-10/h4-8,11H,3,13H2,1-2H3. The lowest BCUT2D eigenvalue weighted by molar-refractivity contribution is 0.187. The molecule has 2 nitrogen and oxygen atoms in total. The minimum atomic E-state index is 0.0289. The summed E-state index contributed by atoms with van der Waals surface area (Å²) in [5.41, 5.74) is 5.84. The van der Waals surface area contributed by atoms with Crippen LogP contribution in [0.1, 0.15) is 20.3 Å². The van der Waals surface area contributed by atoms with Gasteiger partial charge in [0.1, 0.15) is 11.9 Å². The van der Waals surface area contributed by atoms with E-state index in [9.17, 15) is 0 Å². The molecule has 1 rings (SSSR count). The van der Waals surface area contributed by atoms with Crippen molar-refractivity contribution < 1.29 is 4.74 Å². The molecule has 2 N–H and O–H groups in total. The largest absolute Gasteiger partial charge is 0.489 e. The molecule has 14 heavy (non-hydrogen) atoms. The quantitative estimate of drug-likeness (QED) is 0.835. The van der Waals surface area contributed by atoms with E-state index >= 15 is 0 Å². The van der Waals surface area contributed by atoms with Crippen molar-refractivity contribution >= 4 is 11.6 Å². The van der Waals surface area contributed by atoms with E-state index in [4.69, 9.17) is 22.1 Å². The summed E-state index contributed by atoms with van der Waals surface area (Å²) in [6.07, 6.45) is 0.940. The first-order valence-corrected chi connectivity index (χ1v) is 5.19. The Balaban J connectivity index is 2.56. The van der Waals surface area contributed by atoms with Gasteiger partial charge in [-0.3, -0.25) is 0 Å². The first-order valence-electron chi connectivity index (χ1n) is 4.81. The fraction of sp³-hybridized carbons (Fsp3) is 0.455. The minimum absolute atomic E-state index is 0.0289. The zero-order chi connectivity index (χ0) is 10.6. The van der Waals surface area contributed by atoms with Gasteiger partial charge in [0.15, 0.2) is 0 Å². The molecule has 2 atom stereocenters. The van der Waals surface area contributed by atoms with Gasteiger partial charge in [-0.15, -0.1) is 0 Å². The second-order valence-corrected chi connectivity index (χ2v) is 3.79. The molecule has 0 fully saturated rings. The van der Waals surface area contributed by atoms with E-state index in [0.29, 0.717) is 5.02 Å². The van der Waals surface area contributed by atoms with Crippen LogP contribution in [0.2, 0.25) is 5.02 Å². The molecule has 1 aromatic carbocycles. The Morgan fingerprint density at radius 3 is 2.43 bits per heavy atom. The highest BCUT2D eigenvalue weighted by molar-refractivity contribution is 6.30. The van der Waals surface area contributed by atoms with Crippen LogP contribution < -0.4 is 10.5 Å². The van der Waals surface area contributed by atoms with Crippen molar-refractivity contribution in [3.63, 3.8) is 0 Å². The summed E-state index contributed by atoms with van der Waals surface area (Å²) in [4.78, 5) is 0. The first-order chi connectivity index (χ1) is 6.63. The molecule has 0 saturated carbocycles. The van der Waals surface area contributed by atoms with Crippen molar-refractivity contribution in [3.05, 3.63) is 29.3 Å². The summed E-state index contributed by atoms with van der Waals surface area (Å²) in [5, 5.41) is 0.713. The van der Waals surface area contributed by atoms with Crippen LogP contribution in [0.25, 0.3) is 0 Å². The van der Waals surface area contributed by atoms with Crippen LogP contribution in [0.4, 0.5) is 0 Å². The van der Waals surface area contributed by atoms with Gasteiger partial charge in [0, 0.05) is 11.1 Å². The van der Waals surface area contributed by atoms with E-state index in [-0.39, 0.29) is 12.1 Å². The SMILES string of the molecule is CCC(N)C(C)Oc1ccc(Cl)cc1.